The molecule has 2 aromatic carbocycles. The highest BCUT2D eigenvalue weighted by Gasteiger charge is 2.55. The maximum atomic E-state index is 14.0. The van der Waals surface area contributed by atoms with Gasteiger partial charge in [-0.25, -0.2) is 9.18 Å². The molecule has 0 bridgehead atoms. The van der Waals surface area contributed by atoms with Crippen LogP contribution in [0.2, 0.25) is 0 Å². The highest BCUT2D eigenvalue weighted by atomic mass is 19.4. The minimum absolute atomic E-state index is 0.0754. The summed E-state index contributed by atoms with van der Waals surface area (Å²) in [5.74, 6) is -0.0936. The summed E-state index contributed by atoms with van der Waals surface area (Å²) in [6.45, 7) is 4.82. The molecule has 6 nitrogen and oxygen atoms in total. The number of halogens is 4. The number of nitrogens with zero attached hydrogens (tertiary/aromatic N) is 1. The number of hydrogen-bond donors (Lipinski definition) is 2. The summed E-state index contributed by atoms with van der Waals surface area (Å²) in [6.07, 6.45) is -5.07. The zero-order chi connectivity index (χ0) is 25.9. The predicted octanol–water partition coefficient (Wildman–Crippen LogP) is 3.98. The molecule has 1 aliphatic carbocycles. The number of fused-ring (bicyclic) bond motifs is 1. The Labute approximate surface area is 207 Å². The summed E-state index contributed by atoms with van der Waals surface area (Å²) in [5.41, 5.74) is 0.0977. The van der Waals surface area contributed by atoms with Gasteiger partial charge in [-0.1, -0.05) is 12.1 Å². The smallest absolute Gasteiger partial charge is 0.416 e. The lowest BCUT2D eigenvalue weighted by molar-refractivity contribution is -0.150. The van der Waals surface area contributed by atoms with Crippen molar-refractivity contribution in [1.29, 1.82) is 0 Å². The van der Waals surface area contributed by atoms with Crippen molar-refractivity contribution in [3.05, 3.63) is 65.0 Å². The molecule has 0 radical (unpaired) electrons. The summed E-state index contributed by atoms with van der Waals surface area (Å²) < 4.78 is 63.8. The van der Waals surface area contributed by atoms with E-state index in [-0.39, 0.29) is 18.5 Å². The number of alkyl halides is 3. The Hall–Kier alpha value is -2.69. The number of benzene rings is 2. The quantitative estimate of drug-likeness (QED) is 0.333. The van der Waals surface area contributed by atoms with Crippen molar-refractivity contribution in [2.75, 3.05) is 32.8 Å². The molecule has 0 aromatic heterocycles. The normalized spacial score (nSPS) is 22.3. The second-order valence-electron chi connectivity index (χ2n) is 9.28. The fourth-order valence-electron chi connectivity index (χ4n) is 4.91. The fourth-order valence-corrected chi connectivity index (χ4v) is 4.91. The Morgan fingerprint density at radius 1 is 1.17 bits per heavy atom. The molecule has 2 aromatic rings. The summed E-state index contributed by atoms with van der Waals surface area (Å²) in [6, 6.07) is 10.2. The molecule has 0 amide bonds. The number of carboxylic acid groups (broad SMARTS) is 1. The summed E-state index contributed by atoms with van der Waals surface area (Å²) in [7, 11) is 0. The Kier molecular flexibility index (Phi) is 8.17. The van der Waals surface area contributed by atoms with Crippen LogP contribution in [0.25, 0.3) is 0 Å². The Balaban J connectivity index is 1.15. The molecule has 2 N–H and O–H groups in total. The standard InChI is InChI=1S/C26H30F4N2O4/c1-2-35-23(25(33)34)11-16-3-6-19(7-4-16)36-10-9-31-24-20-14-32(15-21(20)24)13-17-12-18(26(28,29)30)5-8-22(17)27/h3-8,12,20-21,23-24,31H,2,9-11,13-15H2,1H3,(H,33,34)/t20-,21?,23-,24?/m0/s1. The second-order valence-corrected chi connectivity index (χ2v) is 9.28. The molecular weight excluding hydrogens is 480 g/mol. The van der Waals surface area contributed by atoms with Gasteiger partial charge in [0.2, 0.25) is 0 Å². The maximum Gasteiger partial charge on any atom is 0.416 e. The number of ether oxygens (including phenoxy) is 2. The molecule has 1 saturated heterocycles. The van der Waals surface area contributed by atoms with Crippen LogP contribution in [0.1, 0.15) is 23.6 Å². The average molecular weight is 511 g/mol. The van der Waals surface area contributed by atoms with Gasteiger partial charge >= 0.3 is 12.1 Å². The lowest BCUT2D eigenvalue weighted by Gasteiger charge is -2.21. The lowest BCUT2D eigenvalue weighted by Crippen LogP contribution is -2.33. The topological polar surface area (TPSA) is 71.0 Å². The van der Waals surface area contributed by atoms with E-state index in [2.05, 4.69) is 5.32 Å². The van der Waals surface area contributed by atoms with E-state index in [1.165, 1.54) is 0 Å². The molecule has 10 heteroatoms. The third-order valence-electron chi connectivity index (χ3n) is 6.78. The molecule has 1 saturated carbocycles. The highest BCUT2D eigenvalue weighted by Crippen LogP contribution is 2.46. The summed E-state index contributed by atoms with van der Waals surface area (Å²) in [5, 5.41) is 12.7. The van der Waals surface area contributed by atoms with Crippen molar-refractivity contribution in [2.24, 2.45) is 11.8 Å². The van der Waals surface area contributed by atoms with Gasteiger partial charge in [0.15, 0.2) is 6.10 Å². The number of carboxylic acids is 1. The molecule has 0 spiro atoms. The van der Waals surface area contributed by atoms with E-state index in [0.29, 0.717) is 43.4 Å². The van der Waals surface area contributed by atoms with E-state index >= 15 is 0 Å². The molecule has 2 fully saturated rings. The van der Waals surface area contributed by atoms with Crippen LogP contribution in [0.5, 0.6) is 5.75 Å². The summed E-state index contributed by atoms with van der Waals surface area (Å²) >= 11 is 0. The van der Waals surface area contributed by atoms with Gasteiger partial charge in [0.1, 0.15) is 18.2 Å². The molecule has 4 atom stereocenters. The van der Waals surface area contributed by atoms with Gasteiger partial charge in [-0.2, -0.15) is 13.2 Å². The number of hydrogen-bond acceptors (Lipinski definition) is 5. The van der Waals surface area contributed by atoms with Gasteiger partial charge in [-0.15, -0.1) is 0 Å². The van der Waals surface area contributed by atoms with Crippen molar-refractivity contribution < 1.29 is 36.9 Å². The van der Waals surface area contributed by atoms with Gasteiger partial charge in [0.25, 0.3) is 0 Å². The van der Waals surface area contributed by atoms with E-state index in [1.54, 1.807) is 19.1 Å². The number of nitrogens with one attached hydrogen (secondary N) is 1. The highest BCUT2D eigenvalue weighted by molar-refractivity contribution is 5.72. The number of carbonyl (C=O) groups is 1. The van der Waals surface area contributed by atoms with Crippen LogP contribution >= 0.6 is 0 Å². The molecule has 196 valence electrons. The largest absolute Gasteiger partial charge is 0.492 e. The molecule has 2 unspecified atom stereocenters. The van der Waals surface area contributed by atoms with Crippen molar-refractivity contribution in [2.45, 2.75) is 38.2 Å². The average Bonchev–Trinajstić information content (AvgIpc) is 3.27. The maximum absolute atomic E-state index is 14.0. The SMILES string of the molecule is CCO[C@@H](Cc1ccc(OCCNC2C3CN(Cc4cc(C(F)(F)F)ccc4F)C[C@@H]32)cc1)C(=O)O. The minimum atomic E-state index is -4.48. The Morgan fingerprint density at radius 3 is 2.47 bits per heavy atom. The van der Waals surface area contributed by atoms with Crippen molar-refractivity contribution in [3.8, 4) is 5.75 Å². The first-order chi connectivity index (χ1) is 17.2. The fraction of sp³-hybridized carbons (Fsp3) is 0.500. The van der Waals surface area contributed by atoms with Gasteiger partial charge < -0.3 is 19.9 Å². The van der Waals surface area contributed by atoms with Gasteiger partial charge in [0, 0.05) is 50.8 Å². The number of piperidine rings is 1. The first-order valence-electron chi connectivity index (χ1n) is 12.0. The van der Waals surface area contributed by atoms with Crippen LogP contribution in [0.4, 0.5) is 17.6 Å². The number of likely N-dealkylation sites (tertiary alicyclic amines) is 1. The van der Waals surface area contributed by atoms with Gasteiger partial charge in [-0.05, 0) is 54.7 Å². The van der Waals surface area contributed by atoms with Crippen LogP contribution in [0, 0.1) is 17.7 Å². The van der Waals surface area contributed by atoms with E-state index in [4.69, 9.17) is 9.47 Å². The molecule has 1 heterocycles. The second kappa shape index (κ2) is 11.1. The van der Waals surface area contributed by atoms with Crippen LogP contribution < -0.4 is 10.1 Å². The monoisotopic (exact) mass is 510 g/mol. The molecule has 1 aliphatic heterocycles. The van der Waals surface area contributed by atoms with Gasteiger partial charge in [-0.3, -0.25) is 4.90 Å². The van der Waals surface area contributed by atoms with Crippen LogP contribution in [0.15, 0.2) is 42.5 Å². The molecule has 36 heavy (non-hydrogen) atoms. The first kappa shape index (κ1) is 26.4. The molecule has 2 aliphatic rings. The van der Waals surface area contributed by atoms with Crippen molar-refractivity contribution in [1.82, 2.24) is 10.2 Å². The lowest BCUT2D eigenvalue weighted by atomic mass is 10.1. The zero-order valence-electron chi connectivity index (χ0n) is 19.9. The molecular formula is C26H30F4N2O4. The van der Waals surface area contributed by atoms with Crippen molar-refractivity contribution in [3.63, 3.8) is 0 Å². The third kappa shape index (κ3) is 6.54. The zero-order valence-corrected chi connectivity index (χ0v) is 19.9. The Bertz CT molecular complexity index is 1040. The van der Waals surface area contributed by atoms with Crippen molar-refractivity contribution >= 4 is 5.97 Å². The number of aliphatic carboxylic acids is 1. The van der Waals surface area contributed by atoms with Crippen LogP contribution in [-0.4, -0.2) is 61.0 Å². The molecule has 4 rings (SSSR count). The van der Waals surface area contributed by atoms with E-state index in [9.17, 15) is 27.5 Å². The Morgan fingerprint density at radius 2 is 1.86 bits per heavy atom. The first-order valence-corrected chi connectivity index (χ1v) is 12.0. The van der Waals surface area contributed by atoms with Crippen LogP contribution in [0.3, 0.4) is 0 Å². The van der Waals surface area contributed by atoms with E-state index in [0.717, 1.165) is 36.9 Å². The predicted molar refractivity (Wildman–Crippen MR) is 124 cm³/mol. The van der Waals surface area contributed by atoms with E-state index < -0.39 is 29.6 Å². The minimum Gasteiger partial charge on any atom is -0.492 e. The number of rotatable bonds is 12. The third-order valence-corrected chi connectivity index (χ3v) is 6.78. The van der Waals surface area contributed by atoms with Gasteiger partial charge in [0.05, 0.1) is 5.56 Å². The van der Waals surface area contributed by atoms with E-state index in [1.807, 2.05) is 17.0 Å². The summed E-state index contributed by atoms with van der Waals surface area (Å²) in [4.78, 5) is 13.2. The van der Waals surface area contributed by atoms with Crippen LogP contribution in [-0.2, 0) is 28.7 Å².